The lowest BCUT2D eigenvalue weighted by Gasteiger charge is -2.17. The van der Waals surface area contributed by atoms with Crippen molar-refractivity contribution < 1.29 is 14.6 Å². The largest absolute Gasteiger partial charge is 0.484 e. The maximum Gasteiger partial charge on any atom is 0.258 e. The molecule has 1 aliphatic carbocycles. The Kier molecular flexibility index (Phi) is 5.41. The van der Waals surface area contributed by atoms with Gasteiger partial charge in [0.05, 0.1) is 12.6 Å². The third-order valence-electron chi connectivity index (χ3n) is 3.77. The number of aliphatic hydroxyl groups is 1. The minimum Gasteiger partial charge on any atom is -0.484 e. The number of aliphatic hydroxyl groups excluding tert-OH is 1. The summed E-state index contributed by atoms with van der Waals surface area (Å²) in [5.41, 5.74) is 2.75. The molecule has 2 rings (SSSR count). The lowest BCUT2D eigenvalue weighted by molar-refractivity contribution is -0.124. The minimum absolute atomic E-state index is 0.00468. The van der Waals surface area contributed by atoms with E-state index in [2.05, 4.69) is 11.4 Å². The first-order valence-electron chi connectivity index (χ1n) is 7.37. The fourth-order valence-corrected chi connectivity index (χ4v) is 2.49. The number of ether oxygens (including phenoxy) is 1. The van der Waals surface area contributed by atoms with Crippen molar-refractivity contribution in [2.45, 2.75) is 45.1 Å². The molecule has 4 heteroatoms. The number of carbonyl (C=O) groups is 1. The van der Waals surface area contributed by atoms with Crippen molar-refractivity contribution in [2.75, 3.05) is 13.2 Å². The van der Waals surface area contributed by atoms with Gasteiger partial charge in [0.25, 0.3) is 5.91 Å². The maximum atomic E-state index is 11.7. The second-order valence-electron chi connectivity index (χ2n) is 5.28. The number of carbonyl (C=O) groups excluding carboxylic acids is 1. The van der Waals surface area contributed by atoms with E-state index < -0.39 is 0 Å². The van der Waals surface area contributed by atoms with Crippen LogP contribution in [0.5, 0.6) is 5.75 Å². The number of nitrogens with one attached hydrogen (secondary N) is 1. The second kappa shape index (κ2) is 7.29. The number of amides is 1. The number of aryl methyl sites for hydroxylation is 2. The summed E-state index contributed by atoms with van der Waals surface area (Å²) in [6.45, 7) is 1.88. The van der Waals surface area contributed by atoms with Crippen molar-refractivity contribution in [3.63, 3.8) is 0 Å². The Bertz CT molecular complexity index is 455. The normalized spacial score (nSPS) is 15.3. The minimum atomic E-state index is -0.191. The maximum absolute atomic E-state index is 11.7. The summed E-state index contributed by atoms with van der Waals surface area (Å²) in [4.78, 5) is 11.7. The van der Waals surface area contributed by atoms with E-state index in [0.29, 0.717) is 6.42 Å². The predicted molar refractivity (Wildman–Crippen MR) is 77.9 cm³/mol. The van der Waals surface area contributed by atoms with E-state index in [9.17, 15) is 4.79 Å². The number of hydrogen-bond donors (Lipinski definition) is 2. The van der Waals surface area contributed by atoms with Gasteiger partial charge < -0.3 is 15.2 Å². The summed E-state index contributed by atoms with van der Waals surface area (Å²) in [6, 6.07) is 5.89. The van der Waals surface area contributed by atoms with Gasteiger partial charge >= 0.3 is 0 Å². The molecule has 4 nitrogen and oxygen atoms in total. The summed E-state index contributed by atoms with van der Waals surface area (Å²) >= 11 is 0. The van der Waals surface area contributed by atoms with Gasteiger partial charge in [0.2, 0.25) is 0 Å². The van der Waals surface area contributed by atoms with Crippen LogP contribution >= 0.6 is 0 Å². The molecule has 0 saturated carbocycles. The fourth-order valence-electron chi connectivity index (χ4n) is 2.49. The average Bonchev–Trinajstić information content (AvgIpc) is 2.50. The van der Waals surface area contributed by atoms with Gasteiger partial charge in [-0.25, -0.2) is 0 Å². The van der Waals surface area contributed by atoms with Gasteiger partial charge in [0.1, 0.15) is 5.75 Å². The molecule has 0 bridgehead atoms. The van der Waals surface area contributed by atoms with E-state index in [4.69, 9.17) is 9.84 Å². The van der Waals surface area contributed by atoms with Crippen molar-refractivity contribution in [1.29, 1.82) is 0 Å². The summed E-state index contributed by atoms with van der Waals surface area (Å²) in [5, 5.41) is 11.8. The van der Waals surface area contributed by atoms with Crippen LogP contribution in [-0.2, 0) is 17.6 Å². The highest BCUT2D eigenvalue weighted by Crippen LogP contribution is 2.25. The quantitative estimate of drug-likeness (QED) is 0.834. The van der Waals surface area contributed by atoms with Crippen LogP contribution in [0.25, 0.3) is 0 Å². The van der Waals surface area contributed by atoms with Gasteiger partial charge in [-0.2, -0.15) is 0 Å². The SMILES string of the molecule is CCC(CO)NC(=O)COc1ccc2c(c1)CCCC2. The molecule has 1 aliphatic rings. The van der Waals surface area contributed by atoms with Crippen LogP contribution in [0.1, 0.15) is 37.3 Å². The molecule has 0 aromatic heterocycles. The highest BCUT2D eigenvalue weighted by atomic mass is 16.5. The van der Waals surface area contributed by atoms with E-state index in [1.807, 2.05) is 19.1 Å². The summed E-state index contributed by atoms with van der Waals surface area (Å²) in [6.07, 6.45) is 5.44. The summed E-state index contributed by atoms with van der Waals surface area (Å²) < 4.78 is 5.53. The smallest absolute Gasteiger partial charge is 0.258 e. The number of rotatable bonds is 6. The molecule has 0 aliphatic heterocycles. The van der Waals surface area contributed by atoms with Gasteiger partial charge in [-0.1, -0.05) is 13.0 Å². The van der Waals surface area contributed by atoms with E-state index in [1.54, 1.807) is 0 Å². The topological polar surface area (TPSA) is 58.6 Å². The molecule has 1 unspecified atom stereocenters. The zero-order valence-electron chi connectivity index (χ0n) is 12.0. The Morgan fingerprint density at radius 2 is 2.10 bits per heavy atom. The van der Waals surface area contributed by atoms with Crippen LogP contribution in [0.3, 0.4) is 0 Å². The molecule has 0 spiro atoms. The first-order valence-corrected chi connectivity index (χ1v) is 7.37. The molecular formula is C16H23NO3. The predicted octanol–water partition coefficient (Wildman–Crippen LogP) is 1.83. The van der Waals surface area contributed by atoms with Crippen LogP contribution < -0.4 is 10.1 Å². The van der Waals surface area contributed by atoms with Gasteiger partial charge in [-0.3, -0.25) is 4.79 Å². The van der Waals surface area contributed by atoms with Crippen LogP contribution in [0.2, 0.25) is 0 Å². The van der Waals surface area contributed by atoms with E-state index in [1.165, 1.54) is 24.0 Å². The number of hydrogen-bond acceptors (Lipinski definition) is 3. The molecule has 0 heterocycles. The fraction of sp³-hybridized carbons (Fsp3) is 0.562. The molecule has 0 saturated heterocycles. The molecule has 1 aromatic rings. The standard InChI is InChI=1S/C16H23NO3/c1-2-14(10-18)17-16(19)11-20-15-8-7-12-5-3-4-6-13(12)9-15/h7-9,14,18H,2-6,10-11H2,1H3,(H,17,19). The third kappa shape index (κ3) is 3.97. The Labute approximate surface area is 120 Å². The van der Waals surface area contributed by atoms with Crippen molar-refractivity contribution in [2.24, 2.45) is 0 Å². The Morgan fingerprint density at radius 3 is 2.80 bits per heavy atom. The summed E-state index contributed by atoms with van der Waals surface area (Å²) in [7, 11) is 0. The molecule has 2 N–H and O–H groups in total. The second-order valence-corrected chi connectivity index (χ2v) is 5.28. The van der Waals surface area contributed by atoms with Gasteiger partial charge in [0, 0.05) is 0 Å². The Morgan fingerprint density at radius 1 is 1.35 bits per heavy atom. The lowest BCUT2D eigenvalue weighted by Crippen LogP contribution is -2.39. The van der Waals surface area contributed by atoms with Crippen molar-refractivity contribution >= 4 is 5.91 Å². The molecular weight excluding hydrogens is 254 g/mol. The molecule has 1 aromatic carbocycles. The zero-order valence-corrected chi connectivity index (χ0v) is 12.0. The van der Waals surface area contributed by atoms with Crippen molar-refractivity contribution in [3.05, 3.63) is 29.3 Å². The third-order valence-corrected chi connectivity index (χ3v) is 3.77. The van der Waals surface area contributed by atoms with E-state index in [-0.39, 0.29) is 25.2 Å². The van der Waals surface area contributed by atoms with Crippen molar-refractivity contribution in [1.82, 2.24) is 5.32 Å². The first-order chi connectivity index (χ1) is 9.72. The van der Waals surface area contributed by atoms with Crippen LogP contribution in [0, 0.1) is 0 Å². The Hall–Kier alpha value is -1.55. The van der Waals surface area contributed by atoms with Gasteiger partial charge in [-0.05, 0) is 55.4 Å². The lowest BCUT2D eigenvalue weighted by atomic mass is 9.92. The van der Waals surface area contributed by atoms with Crippen molar-refractivity contribution in [3.8, 4) is 5.75 Å². The highest BCUT2D eigenvalue weighted by Gasteiger charge is 2.12. The Balaban J connectivity index is 1.86. The average molecular weight is 277 g/mol. The zero-order chi connectivity index (χ0) is 14.4. The highest BCUT2D eigenvalue weighted by molar-refractivity contribution is 5.77. The van der Waals surface area contributed by atoms with Gasteiger partial charge in [0.15, 0.2) is 6.61 Å². The van der Waals surface area contributed by atoms with E-state index in [0.717, 1.165) is 18.6 Å². The van der Waals surface area contributed by atoms with Crippen LogP contribution in [0.15, 0.2) is 18.2 Å². The van der Waals surface area contributed by atoms with Gasteiger partial charge in [-0.15, -0.1) is 0 Å². The molecule has 1 atom stereocenters. The van der Waals surface area contributed by atoms with Crippen LogP contribution in [-0.4, -0.2) is 30.3 Å². The molecule has 0 fully saturated rings. The number of fused-ring (bicyclic) bond motifs is 1. The first kappa shape index (κ1) is 14.9. The molecule has 0 radical (unpaired) electrons. The van der Waals surface area contributed by atoms with E-state index >= 15 is 0 Å². The summed E-state index contributed by atoms with van der Waals surface area (Å²) in [5.74, 6) is 0.557. The number of benzene rings is 1. The molecule has 1 amide bonds. The van der Waals surface area contributed by atoms with Crippen LogP contribution in [0.4, 0.5) is 0 Å². The monoisotopic (exact) mass is 277 g/mol. The molecule has 20 heavy (non-hydrogen) atoms. The molecule has 110 valence electrons.